The second kappa shape index (κ2) is 9.85. The fraction of sp³-hybridized carbons (Fsp3) is 0.409. The van der Waals surface area contributed by atoms with E-state index in [1.54, 1.807) is 12.1 Å². The standard InChI is InChI=1S/C22H19F9O3/c23-19(21(26,27)28,20(24,25)22(29,30)31)14-18(33,12-11-15-7-3-1-4-8-15)17(32)34-13-16-9-5-2-6-10-16/h1-10,33H,11-14H2. The first-order chi connectivity index (χ1) is 15.5. The molecule has 2 unspecified atom stereocenters. The maximum atomic E-state index is 14.8. The van der Waals surface area contributed by atoms with Crippen molar-refractivity contribution < 1.29 is 54.2 Å². The zero-order valence-corrected chi connectivity index (χ0v) is 17.3. The summed E-state index contributed by atoms with van der Waals surface area (Å²) < 4.78 is 125. The molecule has 0 amide bonds. The van der Waals surface area contributed by atoms with Crippen molar-refractivity contribution >= 4 is 5.97 Å². The Morgan fingerprint density at radius 2 is 1.21 bits per heavy atom. The molecule has 0 bridgehead atoms. The van der Waals surface area contributed by atoms with Crippen LogP contribution < -0.4 is 0 Å². The third-order valence-electron chi connectivity index (χ3n) is 5.10. The number of aliphatic hydroxyl groups is 1. The molecule has 12 heteroatoms. The molecule has 34 heavy (non-hydrogen) atoms. The summed E-state index contributed by atoms with van der Waals surface area (Å²) in [5, 5.41) is 10.6. The van der Waals surface area contributed by atoms with E-state index in [-0.39, 0.29) is 11.1 Å². The summed E-state index contributed by atoms with van der Waals surface area (Å²) in [6.07, 6.45) is -18.3. The van der Waals surface area contributed by atoms with Crippen molar-refractivity contribution in [2.45, 2.75) is 55.4 Å². The number of halogens is 9. The minimum atomic E-state index is -6.97. The summed E-state index contributed by atoms with van der Waals surface area (Å²) >= 11 is 0. The summed E-state index contributed by atoms with van der Waals surface area (Å²) in [6, 6.07) is 14.6. The normalized spacial score (nSPS) is 16.4. The third kappa shape index (κ3) is 5.83. The molecule has 0 saturated carbocycles. The van der Waals surface area contributed by atoms with Crippen molar-refractivity contribution in [3.8, 4) is 0 Å². The van der Waals surface area contributed by atoms with E-state index in [4.69, 9.17) is 0 Å². The van der Waals surface area contributed by atoms with Crippen molar-refractivity contribution in [3.63, 3.8) is 0 Å². The van der Waals surface area contributed by atoms with Gasteiger partial charge in [-0.3, -0.25) is 0 Å². The molecule has 0 aliphatic rings. The highest BCUT2D eigenvalue weighted by Gasteiger charge is 2.82. The van der Waals surface area contributed by atoms with Gasteiger partial charge >= 0.3 is 24.2 Å². The third-order valence-corrected chi connectivity index (χ3v) is 5.10. The monoisotopic (exact) mass is 502 g/mol. The van der Waals surface area contributed by atoms with E-state index in [0.717, 1.165) is 0 Å². The van der Waals surface area contributed by atoms with Gasteiger partial charge in [-0.2, -0.15) is 35.1 Å². The molecule has 2 aromatic rings. The van der Waals surface area contributed by atoms with Gasteiger partial charge in [0.25, 0.3) is 5.67 Å². The molecule has 0 spiro atoms. The van der Waals surface area contributed by atoms with Crippen molar-refractivity contribution in [1.82, 2.24) is 0 Å². The van der Waals surface area contributed by atoms with Crippen LogP contribution in [0.3, 0.4) is 0 Å². The Kier molecular flexibility index (Phi) is 7.96. The minimum Gasteiger partial charge on any atom is -0.459 e. The molecule has 2 aromatic carbocycles. The van der Waals surface area contributed by atoms with E-state index in [1.807, 2.05) is 0 Å². The predicted octanol–water partition coefficient (Wildman–Crippen LogP) is 5.95. The first kappa shape index (κ1) is 27.5. The quantitative estimate of drug-likeness (QED) is 0.341. The summed E-state index contributed by atoms with van der Waals surface area (Å²) in [7, 11) is 0. The molecule has 188 valence electrons. The van der Waals surface area contributed by atoms with Crippen LogP contribution in [0.15, 0.2) is 60.7 Å². The fourth-order valence-electron chi connectivity index (χ4n) is 3.13. The van der Waals surface area contributed by atoms with Gasteiger partial charge < -0.3 is 9.84 Å². The van der Waals surface area contributed by atoms with Crippen molar-refractivity contribution in [2.75, 3.05) is 0 Å². The number of benzene rings is 2. The molecule has 0 aliphatic carbocycles. The van der Waals surface area contributed by atoms with E-state index in [9.17, 15) is 49.4 Å². The molecule has 2 rings (SSSR count). The van der Waals surface area contributed by atoms with Crippen LogP contribution in [-0.2, 0) is 22.6 Å². The lowest BCUT2D eigenvalue weighted by molar-refractivity contribution is -0.389. The van der Waals surface area contributed by atoms with Crippen LogP contribution in [0, 0.1) is 0 Å². The number of rotatable bonds is 9. The van der Waals surface area contributed by atoms with Crippen LogP contribution in [0.1, 0.15) is 24.0 Å². The summed E-state index contributed by atoms with van der Waals surface area (Å²) in [4.78, 5) is 12.5. The molecule has 2 atom stereocenters. The number of alkyl halides is 9. The molecular formula is C22H19F9O3. The molecule has 0 saturated heterocycles. The van der Waals surface area contributed by atoms with E-state index >= 15 is 0 Å². The zero-order chi connectivity index (χ0) is 25.8. The first-order valence-corrected chi connectivity index (χ1v) is 9.71. The Morgan fingerprint density at radius 3 is 1.65 bits per heavy atom. The average molecular weight is 502 g/mol. The molecule has 1 N–H and O–H groups in total. The average Bonchev–Trinajstić information content (AvgIpc) is 2.75. The van der Waals surface area contributed by atoms with Crippen LogP contribution in [0.2, 0.25) is 0 Å². The Bertz CT molecular complexity index is 946. The van der Waals surface area contributed by atoms with Crippen LogP contribution >= 0.6 is 0 Å². The number of hydrogen-bond donors (Lipinski definition) is 1. The van der Waals surface area contributed by atoms with Gasteiger partial charge in [-0.15, -0.1) is 0 Å². The summed E-state index contributed by atoms with van der Waals surface area (Å²) in [5.74, 6) is -8.95. The van der Waals surface area contributed by atoms with Crippen LogP contribution in [0.5, 0.6) is 0 Å². The predicted molar refractivity (Wildman–Crippen MR) is 101 cm³/mol. The van der Waals surface area contributed by atoms with E-state index in [1.165, 1.54) is 48.5 Å². The number of aryl methyl sites for hydroxylation is 1. The van der Waals surface area contributed by atoms with Gasteiger partial charge in [0.2, 0.25) is 0 Å². The molecular weight excluding hydrogens is 483 g/mol. The van der Waals surface area contributed by atoms with Crippen molar-refractivity contribution in [1.29, 1.82) is 0 Å². The highest BCUT2D eigenvalue weighted by molar-refractivity contribution is 5.79. The first-order valence-electron chi connectivity index (χ1n) is 9.71. The topological polar surface area (TPSA) is 46.5 Å². The van der Waals surface area contributed by atoms with Crippen LogP contribution in [0.4, 0.5) is 39.5 Å². The summed E-state index contributed by atoms with van der Waals surface area (Å²) in [6.45, 7) is -0.658. The molecule has 0 aliphatic heterocycles. The number of hydrogen-bond acceptors (Lipinski definition) is 3. The van der Waals surface area contributed by atoms with Gasteiger partial charge in [0.15, 0.2) is 5.60 Å². The van der Waals surface area contributed by atoms with E-state index < -0.39 is 61.4 Å². The van der Waals surface area contributed by atoms with Crippen molar-refractivity contribution in [3.05, 3.63) is 71.8 Å². The Labute approximate surface area is 188 Å². The lowest BCUT2D eigenvalue weighted by Gasteiger charge is -2.40. The van der Waals surface area contributed by atoms with E-state index in [2.05, 4.69) is 4.74 Å². The van der Waals surface area contributed by atoms with Gasteiger partial charge in [-0.25, -0.2) is 9.18 Å². The lowest BCUT2D eigenvalue weighted by atomic mass is 9.80. The maximum Gasteiger partial charge on any atom is 0.457 e. The Morgan fingerprint density at radius 1 is 0.735 bits per heavy atom. The number of carbonyl (C=O) groups excluding carboxylic acids is 1. The maximum absolute atomic E-state index is 14.8. The smallest absolute Gasteiger partial charge is 0.457 e. The van der Waals surface area contributed by atoms with Gasteiger partial charge in [0.1, 0.15) is 6.61 Å². The second-order valence-corrected chi connectivity index (χ2v) is 7.63. The molecule has 0 fully saturated rings. The highest BCUT2D eigenvalue weighted by atomic mass is 19.4. The van der Waals surface area contributed by atoms with E-state index in [0.29, 0.717) is 0 Å². The van der Waals surface area contributed by atoms with Gasteiger partial charge in [0.05, 0.1) is 0 Å². The van der Waals surface area contributed by atoms with Crippen LogP contribution in [-0.4, -0.2) is 40.6 Å². The van der Waals surface area contributed by atoms with Crippen molar-refractivity contribution in [2.24, 2.45) is 0 Å². The number of esters is 1. The Hall–Kier alpha value is -2.76. The molecule has 0 aromatic heterocycles. The van der Waals surface area contributed by atoms with Gasteiger partial charge in [-0.1, -0.05) is 60.7 Å². The molecule has 3 nitrogen and oxygen atoms in total. The zero-order valence-electron chi connectivity index (χ0n) is 17.3. The largest absolute Gasteiger partial charge is 0.459 e. The second-order valence-electron chi connectivity index (χ2n) is 7.63. The Balaban J connectivity index is 2.44. The van der Waals surface area contributed by atoms with Gasteiger partial charge in [0, 0.05) is 6.42 Å². The highest BCUT2D eigenvalue weighted by Crippen LogP contribution is 2.56. The minimum absolute atomic E-state index is 0.268. The van der Waals surface area contributed by atoms with Gasteiger partial charge in [-0.05, 0) is 24.0 Å². The van der Waals surface area contributed by atoms with Crippen LogP contribution in [0.25, 0.3) is 0 Å². The number of ether oxygens (including phenoxy) is 1. The molecule has 0 heterocycles. The lowest BCUT2D eigenvalue weighted by Crippen LogP contribution is -2.65. The SMILES string of the molecule is O=C(OCc1ccccc1)C(O)(CCc1ccccc1)CC(F)(C(F)(F)F)C(F)(F)C(F)(F)F. The fourth-order valence-corrected chi connectivity index (χ4v) is 3.13. The summed E-state index contributed by atoms with van der Waals surface area (Å²) in [5.41, 5.74) is -9.45. The molecule has 0 radical (unpaired) electrons. The number of carbonyl (C=O) groups is 1.